The van der Waals surface area contributed by atoms with Gasteiger partial charge in [0.15, 0.2) is 5.78 Å². The fourth-order valence-corrected chi connectivity index (χ4v) is 1.50. The summed E-state index contributed by atoms with van der Waals surface area (Å²) in [5.41, 5.74) is -0.418. The molecule has 0 unspecified atom stereocenters. The van der Waals surface area contributed by atoms with Gasteiger partial charge in [-0.25, -0.2) is 0 Å². The second-order valence-corrected chi connectivity index (χ2v) is 4.20. The number of nitro benzene ring substituents is 1. The van der Waals surface area contributed by atoms with Crippen LogP contribution in [0.25, 0.3) is 0 Å². The molecule has 0 aliphatic carbocycles. The van der Waals surface area contributed by atoms with E-state index >= 15 is 0 Å². The number of carbonyl (C=O) groups is 3. The van der Waals surface area contributed by atoms with Crippen molar-refractivity contribution in [3.63, 3.8) is 0 Å². The lowest BCUT2D eigenvalue weighted by molar-refractivity contribution is -0.385. The van der Waals surface area contributed by atoms with Crippen LogP contribution in [-0.4, -0.2) is 28.9 Å². The van der Waals surface area contributed by atoms with Crippen molar-refractivity contribution in [3.8, 4) is 0 Å². The van der Waals surface area contributed by atoms with Crippen LogP contribution in [0.4, 0.5) is 5.69 Å². The fraction of sp³-hybridized carbons (Fsp3) is 0.308. The number of hydrogen-bond acceptors (Lipinski definition) is 5. The maximum absolute atomic E-state index is 11.8. The molecule has 0 saturated heterocycles. The lowest BCUT2D eigenvalue weighted by atomic mass is 10.1. The van der Waals surface area contributed by atoms with E-state index in [-0.39, 0.29) is 42.2 Å². The molecule has 0 bridgehead atoms. The minimum Gasteiger partial charge on any atom is -0.345 e. The van der Waals surface area contributed by atoms with Crippen molar-refractivity contribution in [1.82, 2.24) is 5.32 Å². The summed E-state index contributed by atoms with van der Waals surface area (Å²) in [7, 11) is 0. The second-order valence-electron chi connectivity index (χ2n) is 4.20. The van der Waals surface area contributed by atoms with Crippen LogP contribution in [0.1, 0.15) is 30.1 Å². The molecule has 1 aromatic carbocycles. The summed E-state index contributed by atoms with van der Waals surface area (Å²) >= 11 is 0. The minimum atomic E-state index is -0.687. The largest absolute Gasteiger partial charge is 0.345 e. The molecule has 0 aliphatic rings. The van der Waals surface area contributed by atoms with Gasteiger partial charge in [-0.05, 0) is 13.0 Å². The van der Waals surface area contributed by atoms with Crippen LogP contribution < -0.4 is 5.32 Å². The summed E-state index contributed by atoms with van der Waals surface area (Å²) in [5, 5.41) is 13.1. The second kappa shape index (κ2) is 7.13. The van der Waals surface area contributed by atoms with Gasteiger partial charge in [0.1, 0.15) is 11.3 Å². The zero-order valence-corrected chi connectivity index (χ0v) is 10.9. The SMILES string of the molecule is CC(=O)CCC(=O)CNC(=O)c1ccccc1[N+](=O)[O-]. The van der Waals surface area contributed by atoms with Crippen molar-refractivity contribution >= 4 is 23.2 Å². The van der Waals surface area contributed by atoms with Crippen LogP contribution in [0.15, 0.2) is 24.3 Å². The molecular weight excluding hydrogens is 264 g/mol. The standard InChI is InChI=1S/C13H14N2O5/c1-9(16)6-7-10(17)8-14-13(18)11-4-2-3-5-12(11)15(19)20/h2-5H,6-8H2,1H3,(H,14,18). The highest BCUT2D eigenvalue weighted by Crippen LogP contribution is 2.17. The molecule has 0 spiro atoms. The van der Waals surface area contributed by atoms with Crippen molar-refractivity contribution in [1.29, 1.82) is 0 Å². The molecule has 0 radical (unpaired) electrons. The predicted octanol–water partition coefficient (Wildman–Crippen LogP) is 1.26. The summed E-state index contributed by atoms with van der Waals surface area (Å²) in [6.07, 6.45) is 0.173. The van der Waals surface area contributed by atoms with Gasteiger partial charge in [-0.15, -0.1) is 0 Å². The van der Waals surface area contributed by atoms with Gasteiger partial charge in [0.05, 0.1) is 11.5 Å². The van der Waals surface area contributed by atoms with E-state index in [4.69, 9.17) is 0 Å². The van der Waals surface area contributed by atoms with E-state index in [0.717, 1.165) is 0 Å². The maximum Gasteiger partial charge on any atom is 0.282 e. The molecule has 0 aliphatic heterocycles. The van der Waals surface area contributed by atoms with Gasteiger partial charge in [0.2, 0.25) is 0 Å². The first-order valence-electron chi connectivity index (χ1n) is 5.94. The van der Waals surface area contributed by atoms with Crippen LogP contribution >= 0.6 is 0 Å². The molecule has 0 saturated carbocycles. The molecular formula is C13H14N2O5. The third-order valence-corrected chi connectivity index (χ3v) is 2.55. The Hall–Kier alpha value is -2.57. The van der Waals surface area contributed by atoms with Crippen LogP contribution in [0.2, 0.25) is 0 Å². The fourth-order valence-electron chi connectivity index (χ4n) is 1.50. The number of para-hydroxylation sites is 1. The number of nitro groups is 1. The van der Waals surface area contributed by atoms with Gasteiger partial charge < -0.3 is 10.1 Å². The predicted molar refractivity (Wildman–Crippen MR) is 70.4 cm³/mol. The molecule has 20 heavy (non-hydrogen) atoms. The summed E-state index contributed by atoms with van der Waals surface area (Å²) in [6.45, 7) is 1.12. The molecule has 0 aromatic heterocycles. The van der Waals surface area contributed by atoms with Gasteiger partial charge in [-0.1, -0.05) is 12.1 Å². The highest BCUT2D eigenvalue weighted by Gasteiger charge is 2.19. The summed E-state index contributed by atoms with van der Waals surface area (Å²) < 4.78 is 0. The van der Waals surface area contributed by atoms with Crippen molar-refractivity contribution in [2.45, 2.75) is 19.8 Å². The molecule has 1 aromatic rings. The summed E-state index contributed by atoms with van der Waals surface area (Å²) in [6, 6.07) is 5.48. The maximum atomic E-state index is 11.8. The minimum absolute atomic E-state index is 0.0481. The molecule has 7 nitrogen and oxygen atoms in total. The van der Waals surface area contributed by atoms with E-state index in [1.807, 2.05) is 0 Å². The van der Waals surface area contributed by atoms with Crippen molar-refractivity contribution < 1.29 is 19.3 Å². The zero-order valence-electron chi connectivity index (χ0n) is 10.9. The first-order chi connectivity index (χ1) is 9.41. The van der Waals surface area contributed by atoms with E-state index < -0.39 is 10.8 Å². The van der Waals surface area contributed by atoms with E-state index in [1.165, 1.54) is 31.2 Å². The Labute approximate surface area is 115 Å². The molecule has 0 heterocycles. The van der Waals surface area contributed by atoms with Crippen LogP contribution in [-0.2, 0) is 9.59 Å². The first-order valence-corrected chi connectivity index (χ1v) is 5.94. The molecule has 0 fully saturated rings. The lowest BCUT2D eigenvalue weighted by Crippen LogP contribution is -2.30. The van der Waals surface area contributed by atoms with E-state index in [9.17, 15) is 24.5 Å². The van der Waals surface area contributed by atoms with Crippen molar-refractivity contribution in [3.05, 3.63) is 39.9 Å². The van der Waals surface area contributed by atoms with Crippen LogP contribution in [0, 0.1) is 10.1 Å². The van der Waals surface area contributed by atoms with Gasteiger partial charge in [0, 0.05) is 18.9 Å². The third-order valence-electron chi connectivity index (χ3n) is 2.55. The highest BCUT2D eigenvalue weighted by molar-refractivity contribution is 6.00. The molecule has 1 amide bonds. The number of rotatable bonds is 7. The Morgan fingerprint density at radius 2 is 1.85 bits per heavy atom. The number of carbonyl (C=O) groups excluding carboxylic acids is 3. The van der Waals surface area contributed by atoms with Gasteiger partial charge in [0.25, 0.3) is 11.6 Å². The number of nitrogens with zero attached hydrogens (tertiary/aromatic N) is 1. The summed E-state index contributed by atoms with van der Waals surface area (Å²) in [5.74, 6) is -1.09. The zero-order chi connectivity index (χ0) is 15.1. The van der Waals surface area contributed by atoms with Crippen molar-refractivity contribution in [2.75, 3.05) is 6.54 Å². The van der Waals surface area contributed by atoms with Gasteiger partial charge in [-0.2, -0.15) is 0 Å². The topological polar surface area (TPSA) is 106 Å². The quantitative estimate of drug-likeness (QED) is 0.597. The molecule has 1 rings (SSSR count). The van der Waals surface area contributed by atoms with E-state index in [2.05, 4.69) is 5.32 Å². The van der Waals surface area contributed by atoms with Gasteiger partial charge >= 0.3 is 0 Å². The molecule has 1 N–H and O–H groups in total. The normalized spacial score (nSPS) is 9.85. The number of amides is 1. The average Bonchev–Trinajstić information content (AvgIpc) is 2.42. The molecule has 0 atom stereocenters. The number of ketones is 2. The highest BCUT2D eigenvalue weighted by atomic mass is 16.6. The Balaban J connectivity index is 2.62. The van der Waals surface area contributed by atoms with Gasteiger partial charge in [-0.3, -0.25) is 19.7 Å². The van der Waals surface area contributed by atoms with Crippen LogP contribution in [0.5, 0.6) is 0 Å². The Morgan fingerprint density at radius 3 is 2.45 bits per heavy atom. The number of nitrogens with one attached hydrogen (secondary N) is 1. The Bertz CT molecular complexity index is 553. The smallest absolute Gasteiger partial charge is 0.282 e. The van der Waals surface area contributed by atoms with Crippen LogP contribution in [0.3, 0.4) is 0 Å². The Kier molecular flexibility index (Phi) is 5.52. The number of hydrogen-bond donors (Lipinski definition) is 1. The Morgan fingerprint density at radius 1 is 1.20 bits per heavy atom. The summed E-state index contributed by atoms with van der Waals surface area (Å²) in [4.78, 5) is 44.0. The van der Waals surface area contributed by atoms with E-state index in [0.29, 0.717) is 0 Å². The third kappa shape index (κ3) is 4.60. The number of Topliss-reactive ketones (excluding diaryl/α,β-unsaturated/α-hetero) is 2. The van der Waals surface area contributed by atoms with Crippen molar-refractivity contribution in [2.24, 2.45) is 0 Å². The lowest BCUT2D eigenvalue weighted by Gasteiger charge is -2.04. The average molecular weight is 278 g/mol. The molecule has 7 heteroatoms. The monoisotopic (exact) mass is 278 g/mol. The first kappa shape index (κ1) is 15.5. The van der Waals surface area contributed by atoms with E-state index in [1.54, 1.807) is 0 Å². The number of benzene rings is 1. The molecule has 106 valence electrons.